The molecule has 408 valence electrons. The van der Waals surface area contributed by atoms with E-state index in [1.54, 1.807) is 0 Å². The zero-order valence-electron chi connectivity index (χ0n) is 49.0. The molecule has 0 spiro atoms. The second-order valence-electron chi connectivity index (χ2n) is 26.8. The molecule has 7 heteroatoms. The van der Waals surface area contributed by atoms with E-state index in [-0.39, 0.29) is 53.9 Å². The van der Waals surface area contributed by atoms with Crippen LogP contribution in [-0.2, 0) is 48.1 Å². The van der Waals surface area contributed by atoms with E-state index in [0.29, 0.717) is 22.6 Å². The fourth-order valence-electron chi connectivity index (χ4n) is 10.8. The molecule has 0 atom stereocenters. The van der Waals surface area contributed by atoms with Crippen molar-refractivity contribution >= 4 is 33.1 Å². The van der Waals surface area contributed by atoms with Gasteiger partial charge in [-0.25, -0.2) is 9.97 Å². The minimum Gasteiger partial charge on any atom is -0.507 e. The zero-order valence-corrected chi connectivity index (χ0v) is 51.3. The van der Waals surface area contributed by atoms with Gasteiger partial charge in [-0.3, -0.25) is 9.55 Å². The number of furan rings is 1. The summed E-state index contributed by atoms with van der Waals surface area (Å²) in [6.07, 6.45) is 1.87. The summed E-state index contributed by atoms with van der Waals surface area (Å²) in [6, 6.07) is 59.9. The zero-order chi connectivity index (χ0) is 56.1. The molecule has 4 heterocycles. The van der Waals surface area contributed by atoms with Gasteiger partial charge in [0, 0.05) is 49.6 Å². The summed E-state index contributed by atoms with van der Waals surface area (Å²) in [6.45, 7) is 33.6. The maximum absolute atomic E-state index is 12.8. The van der Waals surface area contributed by atoms with Gasteiger partial charge in [0.1, 0.15) is 22.7 Å². The SMILES string of the molecule is CC(C)(C)c1cc(-c2ccc3oc4c(-c5cc(-c6ccccc6)ccn5)[c-]c(-c5cccc6c5nc(-c5cc(C(C)(C)C)cc(C(C)(C)C)c5O)n6-c5ccc(C(C)(C)C)cc5-c5ccccc5)cc4c3n2)cc(C(C)(C)C)c1.[Pt]. The van der Waals surface area contributed by atoms with E-state index >= 15 is 0 Å². The number of aromatic nitrogens is 4. The van der Waals surface area contributed by atoms with Crippen molar-refractivity contribution in [3.63, 3.8) is 0 Å². The Morgan fingerprint density at radius 3 is 1.70 bits per heavy atom. The first kappa shape index (κ1) is 55.9. The second-order valence-corrected chi connectivity index (χ2v) is 26.8. The van der Waals surface area contributed by atoms with Gasteiger partial charge in [-0.05, 0) is 126 Å². The van der Waals surface area contributed by atoms with Gasteiger partial charge in [0.15, 0.2) is 0 Å². The molecule has 0 unspecified atom stereocenters. The van der Waals surface area contributed by atoms with Crippen LogP contribution in [0.15, 0.2) is 168 Å². The van der Waals surface area contributed by atoms with Crippen LogP contribution in [0, 0.1) is 6.07 Å². The van der Waals surface area contributed by atoms with Gasteiger partial charge >= 0.3 is 0 Å². The molecule has 0 aliphatic carbocycles. The van der Waals surface area contributed by atoms with Gasteiger partial charge in [0.25, 0.3) is 0 Å². The number of nitrogens with zero attached hydrogens (tertiary/aromatic N) is 4. The van der Waals surface area contributed by atoms with Crippen LogP contribution in [0.3, 0.4) is 0 Å². The maximum atomic E-state index is 12.8. The number of imidazole rings is 1. The second kappa shape index (κ2) is 20.3. The number of fused-ring (bicyclic) bond motifs is 4. The van der Waals surface area contributed by atoms with E-state index in [1.165, 1.54) is 16.7 Å². The van der Waals surface area contributed by atoms with Gasteiger partial charge in [-0.15, -0.1) is 17.7 Å². The predicted molar refractivity (Wildman–Crippen MR) is 331 cm³/mol. The molecule has 1 N–H and O–H groups in total. The van der Waals surface area contributed by atoms with Crippen molar-refractivity contribution in [1.29, 1.82) is 0 Å². The van der Waals surface area contributed by atoms with E-state index in [1.807, 2.05) is 18.3 Å². The van der Waals surface area contributed by atoms with Crippen LogP contribution >= 0.6 is 0 Å². The van der Waals surface area contributed by atoms with Crippen LogP contribution in [0.25, 0.3) is 106 Å². The summed E-state index contributed by atoms with van der Waals surface area (Å²) < 4.78 is 9.21. The molecular formula is C73H73N4O2Pt-. The number of aromatic hydroxyl groups is 1. The molecule has 0 aliphatic heterocycles. The summed E-state index contributed by atoms with van der Waals surface area (Å²) in [5.74, 6) is 0.864. The van der Waals surface area contributed by atoms with Gasteiger partial charge in [0.05, 0.1) is 33.6 Å². The van der Waals surface area contributed by atoms with Gasteiger partial charge in [-0.2, -0.15) is 0 Å². The minimum absolute atomic E-state index is 0. The van der Waals surface area contributed by atoms with Crippen molar-refractivity contribution in [2.45, 2.75) is 131 Å². The summed E-state index contributed by atoms with van der Waals surface area (Å²) >= 11 is 0. The van der Waals surface area contributed by atoms with Crippen LogP contribution in [0.5, 0.6) is 5.75 Å². The first-order chi connectivity index (χ1) is 37.2. The maximum Gasteiger partial charge on any atom is 0.148 e. The number of benzene rings is 7. The van der Waals surface area contributed by atoms with Crippen molar-refractivity contribution in [3.05, 3.63) is 198 Å². The fraction of sp³-hybridized carbons (Fsp3) is 0.274. The van der Waals surface area contributed by atoms with Crippen LogP contribution in [0.1, 0.15) is 132 Å². The molecule has 11 aromatic rings. The van der Waals surface area contributed by atoms with Crippen LogP contribution < -0.4 is 0 Å². The quantitative estimate of drug-likeness (QED) is 0.161. The first-order valence-corrected chi connectivity index (χ1v) is 27.8. The number of hydrogen-bond acceptors (Lipinski definition) is 5. The largest absolute Gasteiger partial charge is 0.507 e. The summed E-state index contributed by atoms with van der Waals surface area (Å²) in [7, 11) is 0. The van der Waals surface area contributed by atoms with E-state index in [0.717, 1.165) is 94.6 Å². The van der Waals surface area contributed by atoms with Crippen molar-refractivity contribution in [2.24, 2.45) is 0 Å². The Kier molecular flexibility index (Phi) is 14.2. The number of phenolic OH excluding ortho intramolecular Hbond substituents is 1. The van der Waals surface area contributed by atoms with E-state index in [4.69, 9.17) is 19.4 Å². The number of pyridine rings is 2. The fourth-order valence-corrected chi connectivity index (χ4v) is 10.8. The Hall–Kier alpha value is -7.40. The monoisotopic (exact) mass is 1230 g/mol. The standard InChI is InChI=1S/C73H73N4O2.Pt/c1-69(2,3)49-29-31-61(54(41-49)45-25-20-17-21-26-45)77-62-28-22-27-53(64(62)76-68(77)57-42-52(72(10,11)12)43-58(66(57)78)73(13,14)15)47-37-55(60-39-46(33-34-74-60)44-23-18-16-19-24-44)67-56(38-47)65-63(79-67)32-30-59(75-65)48-35-50(70(4,5)6)40-51(36-48)71(7,8)9;/h16-36,38-43,78H,1-15H3;/q-1;. The third-order valence-electron chi connectivity index (χ3n) is 15.6. The summed E-state index contributed by atoms with van der Waals surface area (Å²) in [4.78, 5) is 16.4. The molecule has 0 bridgehead atoms. The molecule has 80 heavy (non-hydrogen) atoms. The molecule has 0 aliphatic rings. The molecule has 0 radical (unpaired) electrons. The van der Waals surface area contributed by atoms with Crippen LogP contribution in [0.2, 0.25) is 0 Å². The average Bonchev–Trinajstić information content (AvgIpc) is 4.13. The van der Waals surface area contributed by atoms with E-state index in [2.05, 4.69) is 260 Å². The summed E-state index contributed by atoms with van der Waals surface area (Å²) in [5, 5.41) is 13.6. The summed E-state index contributed by atoms with van der Waals surface area (Å²) in [5.41, 5.74) is 19.6. The molecule has 0 saturated carbocycles. The Labute approximate surface area is 487 Å². The molecule has 0 fully saturated rings. The topological polar surface area (TPSA) is 77.0 Å². The van der Waals surface area contributed by atoms with Crippen molar-refractivity contribution < 1.29 is 30.6 Å². The normalized spacial score (nSPS) is 12.6. The Bertz CT molecular complexity index is 4120. The minimum atomic E-state index is -0.371. The van der Waals surface area contributed by atoms with Crippen LogP contribution in [-0.4, -0.2) is 24.6 Å². The third kappa shape index (κ3) is 10.5. The van der Waals surface area contributed by atoms with E-state index in [9.17, 15) is 5.11 Å². The van der Waals surface area contributed by atoms with Crippen LogP contribution in [0.4, 0.5) is 0 Å². The Morgan fingerprint density at radius 1 is 0.463 bits per heavy atom. The molecular weight excluding hydrogens is 1160 g/mol. The average molecular weight is 1230 g/mol. The van der Waals surface area contributed by atoms with Gasteiger partial charge in [0.2, 0.25) is 0 Å². The van der Waals surface area contributed by atoms with Crippen molar-refractivity contribution in [1.82, 2.24) is 19.5 Å². The molecule has 4 aromatic heterocycles. The van der Waals surface area contributed by atoms with Gasteiger partial charge < -0.3 is 9.52 Å². The number of rotatable bonds is 7. The molecule has 0 amide bonds. The molecule has 11 rings (SSSR count). The van der Waals surface area contributed by atoms with Crippen molar-refractivity contribution in [2.75, 3.05) is 0 Å². The van der Waals surface area contributed by atoms with Gasteiger partial charge in [-0.1, -0.05) is 212 Å². The number of para-hydroxylation sites is 1. The van der Waals surface area contributed by atoms with Crippen molar-refractivity contribution in [3.8, 4) is 78.7 Å². The number of phenols is 1. The number of hydrogen-bond donors (Lipinski definition) is 1. The Morgan fingerprint density at radius 2 is 1.07 bits per heavy atom. The molecule has 7 aromatic carbocycles. The first-order valence-electron chi connectivity index (χ1n) is 27.8. The predicted octanol–water partition coefficient (Wildman–Crippen LogP) is 19.7. The third-order valence-corrected chi connectivity index (χ3v) is 15.6. The molecule has 0 saturated heterocycles. The smallest absolute Gasteiger partial charge is 0.148 e. The Balaban J connectivity index is 0.00000720. The molecule has 6 nitrogen and oxygen atoms in total. The van der Waals surface area contributed by atoms with E-state index < -0.39 is 0 Å².